The maximum absolute atomic E-state index is 6.49. The molecule has 0 fully saturated rings. The van der Waals surface area contributed by atoms with Crippen LogP contribution in [0.3, 0.4) is 0 Å². The highest BCUT2D eigenvalue weighted by Gasteiger charge is 2.23. The normalized spacial score (nSPS) is 11.9. The number of benzene rings is 4. The number of oxazole rings is 1. The molecule has 0 unspecified atom stereocenters. The first-order valence-corrected chi connectivity index (χ1v) is 12.9. The van der Waals surface area contributed by atoms with Crippen LogP contribution in [0.25, 0.3) is 22.8 Å². The van der Waals surface area contributed by atoms with Crippen LogP contribution in [-0.2, 0) is 0 Å². The zero-order valence-corrected chi connectivity index (χ0v) is 21.8. The molecule has 0 aliphatic carbocycles. The molecule has 3 heteroatoms. The number of aliphatic imine (C=N–C) groups is 1. The monoisotopic (exact) mass is 484 g/mol. The number of hydrogen-bond donors (Lipinski definition) is 0. The molecule has 0 aliphatic rings. The van der Waals surface area contributed by atoms with Crippen molar-refractivity contribution in [1.82, 2.24) is 4.98 Å². The minimum absolute atomic E-state index is 0.334. The Bertz CT molecular complexity index is 1470. The van der Waals surface area contributed by atoms with E-state index in [4.69, 9.17) is 14.4 Å². The van der Waals surface area contributed by atoms with E-state index in [9.17, 15) is 0 Å². The number of nitrogens with zero attached hydrogens (tertiary/aromatic N) is 2. The molecule has 1 aromatic heterocycles. The van der Waals surface area contributed by atoms with Crippen molar-refractivity contribution in [3.05, 3.63) is 132 Å². The first kappa shape index (κ1) is 24.5. The van der Waals surface area contributed by atoms with Gasteiger partial charge in [0, 0.05) is 16.7 Å². The van der Waals surface area contributed by atoms with Gasteiger partial charge >= 0.3 is 0 Å². The average molecular weight is 485 g/mol. The predicted octanol–water partition coefficient (Wildman–Crippen LogP) is 9.42. The van der Waals surface area contributed by atoms with Gasteiger partial charge in [-0.25, -0.2) is 9.98 Å². The van der Waals surface area contributed by atoms with Crippen LogP contribution in [0.1, 0.15) is 61.9 Å². The number of aromatic nitrogens is 1. The van der Waals surface area contributed by atoms with E-state index in [0.717, 1.165) is 39.5 Å². The van der Waals surface area contributed by atoms with Crippen LogP contribution in [0.4, 0.5) is 5.69 Å². The fourth-order valence-electron chi connectivity index (χ4n) is 4.57. The Labute approximate surface area is 219 Å². The minimum Gasteiger partial charge on any atom is -0.435 e. The van der Waals surface area contributed by atoms with Gasteiger partial charge in [0.05, 0.1) is 5.69 Å². The molecule has 0 aliphatic heterocycles. The van der Waals surface area contributed by atoms with Gasteiger partial charge in [-0.1, -0.05) is 125 Å². The molecule has 3 nitrogen and oxygen atoms in total. The lowest BCUT2D eigenvalue weighted by Crippen LogP contribution is -2.07. The molecular formula is C34H32N2O. The summed E-state index contributed by atoms with van der Waals surface area (Å²) in [6.07, 6.45) is 0. The Hall–Kier alpha value is -4.24. The van der Waals surface area contributed by atoms with Gasteiger partial charge in [0.25, 0.3) is 0 Å². The molecule has 0 atom stereocenters. The van der Waals surface area contributed by atoms with Crippen LogP contribution >= 0.6 is 0 Å². The zero-order valence-electron chi connectivity index (χ0n) is 21.8. The highest BCUT2D eigenvalue weighted by Crippen LogP contribution is 2.37. The van der Waals surface area contributed by atoms with Gasteiger partial charge in [-0.05, 0) is 35.1 Å². The molecule has 0 amide bonds. The summed E-state index contributed by atoms with van der Waals surface area (Å²) in [6.45, 7) is 8.89. The third kappa shape index (κ3) is 5.17. The number of para-hydroxylation sites is 1. The second-order valence-electron chi connectivity index (χ2n) is 9.85. The lowest BCUT2D eigenvalue weighted by Gasteiger charge is -2.18. The summed E-state index contributed by atoms with van der Waals surface area (Å²) < 4.78 is 6.49. The van der Waals surface area contributed by atoms with Gasteiger partial charge in [-0.2, -0.15) is 0 Å². The highest BCUT2D eigenvalue weighted by molar-refractivity contribution is 6.16. The average Bonchev–Trinajstić information content (AvgIpc) is 3.38. The van der Waals surface area contributed by atoms with Gasteiger partial charge in [0.15, 0.2) is 5.76 Å². The topological polar surface area (TPSA) is 38.4 Å². The standard InChI is InChI=1S/C34H32N2O/c1-23(2)28-21-14-22-29(24(3)4)31(28)35-30(25-15-8-5-9-16-25)32-33(26-17-10-6-11-18-26)37-34(36-32)27-19-12-7-13-20-27/h5-24H,1-4H3/b35-30+. The Morgan fingerprint density at radius 3 is 1.68 bits per heavy atom. The lowest BCUT2D eigenvalue weighted by molar-refractivity contribution is 0.588. The van der Waals surface area contributed by atoms with E-state index in [2.05, 4.69) is 70.2 Å². The van der Waals surface area contributed by atoms with Crippen LogP contribution in [0, 0.1) is 0 Å². The molecule has 37 heavy (non-hydrogen) atoms. The third-order valence-electron chi connectivity index (χ3n) is 6.52. The SMILES string of the molecule is CC(C)c1cccc(C(C)C)c1/N=C(\c1ccccc1)c1nc(-c2ccccc2)oc1-c1ccccc1. The van der Waals surface area contributed by atoms with E-state index in [1.807, 2.05) is 66.7 Å². The van der Waals surface area contributed by atoms with E-state index < -0.39 is 0 Å². The summed E-state index contributed by atoms with van der Waals surface area (Å²) in [5, 5.41) is 0. The largest absolute Gasteiger partial charge is 0.435 e. The smallest absolute Gasteiger partial charge is 0.227 e. The molecular weight excluding hydrogens is 452 g/mol. The van der Waals surface area contributed by atoms with Crippen molar-refractivity contribution in [2.75, 3.05) is 0 Å². The van der Waals surface area contributed by atoms with E-state index in [0.29, 0.717) is 17.7 Å². The number of rotatable bonds is 7. The molecule has 4 aromatic carbocycles. The quantitative estimate of drug-likeness (QED) is 0.216. The molecule has 1 heterocycles. The third-order valence-corrected chi connectivity index (χ3v) is 6.52. The van der Waals surface area contributed by atoms with E-state index in [1.165, 1.54) is 11.1 Å². The Morgan fingerprint density at radius 1 is 0.622 bits per heavy atom. The summed E-state index contributed by atoms with van der Waals surface area (Å²) >= 11 is 0. The Kier molecular flexibility index (Phi) is 7.14. The van der Waals surface area contributed by atoms with Crippen LogP contribution in [0.5, 0.6) is 0 Å². The van der Waals surface area contributed by atoms with Gasteiger partial charge < -0.3 is 4.42 Å². The molecule has 0 N–H and O–H groups in total. The second kappa shape index (κ2) is 10.8. The van der Waals surface area contributed by atoms with Crippen LogP contribution < -0.4 is 0 Å². The van der Waals surface area contributed by atoms with Gasteiger partial charge in [-0.15, -0.1) is 0 Å². The van der Waals surface area contributed by atoms with E-state index in [1.54, 1.807) is 0 Å². The second-order valence-corrected chi connectivity index (χ2v) is 9.85. The van der Waals surface area contributed by atoms with Crippen LogP contribution in [0.2, 0.25) is 0 Å². The fourth-order valence-corrected chi connectivity index (χ4v) is 4.57. The van der Waals surface area contributed by atoms with E-state index >= 15 is 0 Å². The maximum atomic E-state index is 6.49. The molecule has 0 radical (unpaired) electrons. The molecule has 0 bridgehead atoms. The number of hydrogen-bond acceptors (Lipinski definition) is 3. The maximum Gasteiger partial charge on any atom is 0.227 e. The molecule has 5 rings (SSSR count). The summed E-state index contributed by atoms with van der Waals surface area (Å²) in [5.74, 6) is 1.97. The van der Waals surface area contributed by atoms with Gasteiger partial charge in [-0.3, -0.25) is 0 Å². The van der Waals surface area contributed by atoms with Crippen molar-refractivity contribution in [1.29, 1.82) is 0 Å². The summed E-state index contributed by atoms with van der Waals surface area (Å²) in [4.78, 5) is 10.5. The molecule has 5 aromatic rings. The van der Waals surface area contributed by atoms with Gasteiger partial charge in [0.1, 0.15) is 11.4 Å². The van der Waals surface area contributed by atoms with Crippen LogP contribution in [-0.4, -0.2) is 10.7 Å². The fraction of sp³-hybridized carbons (Fsp3) is 0.176. The van der Waals surface area contributed by atoms with Crippen LogP contribution in [0.15, 0.2) is 119 Å². The van der Waals surface area contributed by atoms with Crippen molar-refractivity contribution in [2.45, 2.75) is 39.5 Å². The first-order chi connectivity index (χ1) is 18.0. The summed E-state index contributed by atoms with van der Waals surface area (Å²) in [7, 11) is 0. The molecule has 0 spiro atoms. The van der Waals surface area contributed by atoms with Crippen molar-refractivity contribution in [3.63, 3.8) is 0 Å². The van der Waals surface area contributed by atoms with Crippen molar-refractivity contribution >= 4 is 11.4 Å². The molecule has 184 valence electrons. The molecule has 0 saturated carbocycles. The van der Waals surface area contributed by atoms with E-state index in [-0.39, 0.29) is 0 Å². The van der Waals surface area contributed by atoms with Crippen molar-refractivity contribution in [2.24, 2.45) is 4.99 Å². The Balaban J connectivity index is 1.82. The first-order valence-electron chi connectivity index (χ1n) is 12.9. The van der Waals surface area contributed by atoms with Crippen molar-refractivity contribution < 1.29 is 4.42 Å². The highest BCUT2D eigenvalue weighted by atomic mass is 16.4. The lowest BCUT2D eigenvalue weighted by atomic mass is 9.92. The predicted molar refractivity (Wildman–Crippen MR) is 154 cm³/mol. The molecule has 0 saturated heterocycles. The zero-order chi connectivity index (χ0) is 25.8. The summed E-state index contributed by atoms with van der Waals surface area (Å²) in [6, 6.07) is 37.0. The van der Waals surface area contributed by atoms with Crippen molar-refractivity contribution in [3.8, 4) is 22.8 Å². The minimum atomic E-state index is 0.334. The summed E-state index contributed by atoms with van der Waals surface area (Å²) in [5.41, 5.74) is 7.93. The Morgan fingerprint density at radius 2 is 1.14 bits per heavy atom. The van der Waals surface area contributed by atoms with Gasteiger partial charge in [0.2, 0.25) is 5.89 Å².